The number of H-pyrrole nitrogens is 2. The Morgan fingerprint density at radius 3 is 2.52 bits per heavy atom. The van der Waals surface area contributed by atoms with Gasteiger partial charge in [-0.3, -0.25) is 14.8 Å². The maximum absolute atomic E-state index is 12.0. The van der Waals surface area contributed by atoms with Crippen molar-refractivity contribution in [3.63, 3.8) is 0 Å². The Balaban J connectivity index is 2.00. The van der Waals surface area contributed by atoms with Crippen molar-refractivity contribution in [3.8, 4) is 5.88 Å². The number of carbonyl (C=O) groups excluding carboxylic acids is 1. The van der Waals surface area contributed by atoms with Crippen molar-refractivity contribution >= 4 is 30.1 Å². The highest BCUT2D eigenvalue weighted by atomic mass is 32.1. The number of nitrogens with zero attached hydrogens (tertiary/aromatic N) is 2. The maximum atomic E-state index is 12.0. The molecule has 1 heterocycles. The summed E-state index contributed by atoms with van der Waals surface area (Å²) in [4.78, 5) is 34.9. The molecule has 3 N–H and O–H groups in total. The molecule has 8 nitrogen and oxygen atoms in total. The number of hydrogen-bond acceptors (Lipinski definition) is 7. The summed E-state index contributed by atoms with van der Waals surface area (Å²) in [6.07, 6.45) is 1.22. The minimum atomic E-state index is -0.548. The molecule has 144 valence electrons. The van der Waals surface area contributed by atoms with E-state index in [4.69, 9.17) is 17.0 Å². The van der Waals surface area contributed by atoms with Crippen molar-refractivity contribution in [3.05, 3.63) is 50.5 Å². The fourth-order valence-corrected chi connectivity index (χ4v) is 2.51. The Labute approximate surface area is 161 Å². The highest BCUT2D eigenvalue weighted by Gasteiger charge is 2.08. The third kappa shape index (κ3) is 5.87. The van der Waals surface area contributed by atoms with E-state index in [0.717, 1.165) is 13.1 Å². The van der Waals surface area contributed by atoms with E-state index < -0.39 is 11.5 Å². The van der Waals surface area contributed by atoms with Crippen molar-refractivity contribution in [1.82, 2.24) is 14.9 Å². The zero-order valence-corrected chi connectivity index (χ0v) is 16.0. The number of ether oxygens (including phenoxy) is 1. The van der Waals surface area contributed by atoms with Crippen LogP contribution in [0.3, 0.4) is 0 Å². The molecule has 0 atom stereocenters. The molecule has 0 aliphatic heterocycles. The van der Waals surface area contributed by atoms with Crippen LogP contribution in [0.4, 0.5) is 5.69 Å². The molecular formula is C18H22N4O4S. The van der Waals surface area contributed by atoms with Gasteiger partial charge in [0.1, 0.15) is 12.2 Å². The van der Waals surface area contributed by atoms with E-state index in [0.29, 0.717) is 24.4 Å². The molecule has 0 amide bonds. The van der Waals surface area contributed by atoms with Gasteiger partial charge >= 0.3 is 5.97 Å². The molecule has 0 saturated carbocycles. The number of aromatic amines is 2. The molecule has 0 radical (unpaired) electrons. The summed E-state index contributed by atoms with van der Waals surface area (Å²) in [5, 5.41) is 9.73. The van der Waals surface area contributed by atoms with E-state index in [1.165, 1.54) is 6.21 Å². The average Bonchev–Trinajstić information content (AvgIpc) is 2.64. The van der Waals surface area contributed by atoms with Crippen molar-refractivity contribution in [1.29, 1.82) is 0 Å². The standard InChI is InChI=1S/C18H22N4O4S/c1-3-22(4-2)9-10-26-17(25)12-5-7-13(8-6-12)19-11-14-15(23)20-18(27)21-16(14)24/h5-8,11H,3-4,9-10H2,1-2H3,(H3,20,21,23,24,27). The van der Waals surface area contributed by atoms with Crippen molar-refractivity contribution < 1.29 is 14.6 Å². The molecule has 0 aliphatic carbocycles. The normalized spacial score (nSPS) is 11.2. The topological polar surface area (TPSA) is 111 Å². The minimum absolute atomic E-state index is 0.0264. The zero-order chi connectivity index (χ0) is 19.8. The van der Waals surface area contributed by atoms with Gasteiger partial charge in [0, 0.05) is 12.8 Å². The average molecular weight is 390 g/mol. The Morgan fingerprint density at radius 1 is 1.26 bits per heavy atom. The van der Waals surface area contributed by atoms with E-state index in [2.05, 4.69) is 33.7 Å². The fourth-order valence-electron chi connectivity index (χ4n) is 2.32. The van der Waals surface area contributed by atoms with Crippen LogP contribution in [0.25, 0.3) is 0 Å². The lowest BCUT2D eigenvalue weighted by atomic mass is 10.2. The molecule has 0 saturated heterocycles. The van der Waals surface area contributed by atoms with Crippen LogP contribution in [-0.2, 0) is 4.74 Å². The summed E-state index contributed by atoms with van der Waals surface area (Å²) in [5.41, 5.74) is 0.339. The summed E-state index contributed by atoms with van der Waals surface area (Å²) < 4.78 is 5.29. The van der Waals surface area contributed by atoms with Crippen molar-refractivity contribution in [2.75, 3.05) is 26.2 Å². The Kier molecular flexibility index (Phi) is 7.44. The number of hydrogen-bond donors (Lipinski definition) is 3. The third-order valence-corrected chi connectivity index (χ3v) is 4.14. The fraction of sp³-hybridized carbons (Fsp3) is 0.333. The molecule has 2 aromatic rings. The molecular weight excluding hydrogens is 368 g/mol. The number of likely N-dealkylation sites (N-methyl/N-ethyl adjacent to an activating group) is 1. The second kappa shape index (κ2) is 9.79. The number of nitrogens with one attached hydrogen (secondary N) is 2. The number of rotatable bonds is 8. The van der Waals surface area contributed by atoms with Gasteiger partial charge in [-0.15, -0.1) is 0 Å². The van der Waals surface area contributed by atoms with Gasteiger partial charge in [-0.25, -0.2) is 4.79 Å². The quantitative estimate of drug-likeness (QED) is 0.363. The molecule has 9 heteroatoms. The largest absolute Gasteiger partial charge is 0.494 e. The second-order valence-corrected chi connectivity index (χ2v) is 6.05. The van der Waals surface area contributed by atoms with Crippen LogP contribution in [0.5, 0.6) is 5.88 Å². The first-order valence-corrected chi connectivity index (χ1v) is 8.94. The van der Waals surface area contributed by atoms with Gasteiger partial charge in [-0.05, 0) is 49.6 Å². The van der Waals surface area contributed by atoms with Crippen LogP contribution in [-0.4, -0.2) is 58.4 Å². The molecule has 0 bridgehead atoms. The molecule has 1 aromatic carbocycles. The van der Waals surface area contributed by atoms with E-state index in [1.54, 1.807) is 24.3 Å². The summed E-state index contributed by atoms with van der Waals surface area (Å²) in [6.45, 7) is 6.96. The first kappa shape index (κ1) is 20.5. The zero-order valence-electron chi connectivity index (χ0n) is 15.2. The van der Waals surface area contributed by atoms with E-state index >= 15 is 0 Å². The number of benzene rings is 1. The van der Waals surface area contributed by atoms with Gasteiger partial charge in [-0.2, -0.15) is 0 Å². The highest BCUT2D eigenvalue weighted by molar-refractivity contribution is 7.71. The summed E-state index contributed by atoms with van der Waals surface area (Å²) >= 11 is 4.76. The first-order valence-electron chi connectivity index (χ1n) is 8.53. The lowest BCUT2D eigenvalue weighted by Crippen LogP contribution is -2.27. The SMILES string of the molecule is CCN(CC)CCOC(=O)c1ccc(N=Cc2c(O)[nH]c(=S)[nH]c2=O)cc1. The van der Waals surface area contributed by atoms with Crippen LogP contribution in [0.15, 0.2) is 34.1 Å². The van der Waals surface area contributed by atoms with Gasteiger partial charge in [0.2, 0.25) is 5.88 Å². The smallest absolute Gasteiger partial charge is 0.338 e. The van der Waals surface area contributed by atoms with Gasteiger partial charge < -0.3 is 19.7 Å². The van der Waals surface area contributed by atoms with Gasteiger partial charge in [0.15, 0.2) is 4.77 Å². The molecule has 0 fully saturated rings. The Bertz CT molecular complexity index is 914. The molecule has 0 aliphatic rings. The molecule has 0 spiro atoms. The molecule has 1 aromatic heterocycles. The van der Waals surface area contributed by atoms with Crippen molar-refractivity contribution in [2.45, 2.75) is 13.8 Å². The molecule has 2 rings (SSSR count). The lowest BCUT2D eigenvalue weighted by Gasteiger charge is -2.17. The second-order valence-electron chi connectivity index (χ2n) is 5.64. The highest BCUT2D eigenvalue weighted by Crippen LogP contribution is 2.14. The van der Waals surface area contributed by atoms with Gasteiger partial charge in [0.25, 0.3) is 5.56 Å². The van der Waals surface area contributed by atoms with E-state index in [1.807, 2.05) is 0 Å². The number of carbonyl (C=O) groups is 1. The number of esters is 1. The van der Waals surface area contributed by atoms with Gasteiger partial charge in [-0.1, -0.05) is 13.8 Å². The number of aliphatic imine (C=N–C) groups is 1. The predicted molar refractivity (Wildman–Crippen MR) is 106 cm³/mol. The third-order valence-electron chi connectivity index (χ3n) is 3.94. The Morgan fingerprint density at radius 2 is 1.93 bits per heavy atom. The summed E-state index contributed by atoms with van der Waals surface area (Å²) in [6, 6.07) is 6.42. The van der Waals surface area contributed by atoms with E-state index in [9.17, 15) is 14.7 Å². The molecule has 0 unspecified atom stereocenters. The van der Waals surface area contributed by atoms with Crippen molar-refractivity contribution in [2.24, 2.45) is 4.99 Å². The summed E-state index contributed by atoms with van der Waals surface area (Å²) in [5.74, 6) is -0.761. The molecule has 27 heavy (non-hydrogen) atoms. The van der Waals surface area contributed by atoms with Crippen LogP contribution in [0.1, 0.15) is 29.8 Å². The monoisotopic (exact) mass is 390 g/mol. The first-order chi connectivity index (χ1) is 12.9. The number of aromatic nitrogens is 2. The van der Waals surface area contributed by atoms with Crippen LogP contribution >= 0.6 is 12.2 Å². The lowest BCUT2D eigenvalue weighted by molar-refractivity contribution is 0.0466. The predicted octanol–water partition coefficient (Wildman–Crippen LogP) is 2.39. The minimum Gasteiger partial charge on any atom is -0.494 e. The maximum Gasteiger partial charge on any atom is 0.338 e. The van der Waals surface area contributed by atoms with Crippen LogP contribution in [0.2, 0.25) is 0 Å². The number of aromatic hydroxyl groups is 1. The van der Waals surface area contributed by atoms with Crippen LogP contribution < -0.4 is 5.56 Å². The summed E-state index contributed by atoms with van der Waals surface area (Å²) in [7, 11) is 0. The van der Waals surface area contributed by atoms with E-state index in [-0.39, 0.29) is 16.2 Å². The van der Waals surface area contributed by atoms with Gasteiger partial charge in [0.05, 0.1) is 11.3 Å². The van der Waals surface area contributed by atoms with Crippen LogP contribution in [0, 0.1) is 4.77 Å². The Hall–Kier alpha value is -2.78.